The van der Waals surface area contributed by atoms with Gasteiger partial charge in [0.2, 0.25) is 0 Å². The number of nitrogens with zero attached hydrogens (tertiary/aromatic N) is 1. The number of carbonyl (C=O) groups excluding carboxylic acids is 1. The zero-order chi connectivity index (χ0) is 13.1. The molecular formula is C12H7BrClIN2O. The average molecular weight is 437 g/mol. The highest BCUT2D eigenvalue weighted by molar-refractivity contribution is 14.1. The minimum Gasteiger partial charge on any atom is -0.321 e. The summed E-state index contributed by atoms with van der Waals surface area (Å²) < 4.78 is 1.75. The second-order valence-corrected chi connectivity index (χ2v) is 5.91. The number of nitrogens with one attached hydrogen (secondary N) is 1. The Morgan fingerprint density at radius 1 is 1.33 bits per heavy atom. The van der Waals surface area contributed by atoms with E-state index in [2.05, 4.69) is 48.8 Å². The van der Waals surface area contributed by atoms with Gasteiger partial charge in [-0.2, -0.15) is 0 Å². The molecule has 0 unspecified atom stereocenters. The van der Waals surface area contributed by atoms with Gasteiger partial charge in [0, 0.05) is 8.04 Å². The van der Waals surface area contributed by atoms with Crippen LogP contribution < -0.4 is 5.32 Å². The fourth-order valence-corrected chi connectivity index (χ4v) is 2.37. The maximum Gasteiger partial charge on any atom is 0.256 e. The molecule has 0 saturated heterocycles. The molecule has 0 saturated carbocycles. The quantitative estimate of drug-likeness (QED) is 0.561. The smallest absolute Gasteiger partial charge is 0.256 e. The predicted molar refractivity (Wildman–Crippen MR) is 84.1 cm³/mol. The van der Waals surface area contributed by atoms with Crippen LogP contribution in [0.3, 0.4) is 0 Å². The first kappa shape index (κ1) is 13.8. The largest absolute Gasteiger partial charge is 0.321 e. The molecule has 1 aromatic heterocycles. The predicted octanol–water partition coefficient (Wildman–Crippen LogP) is 4.35. The van der Waals surface area contributed by atoms with E-state index in [4.69, 9.17) is 11.6 Å². The number of benzene rings is 1. The number of hydrogen-bond donors (Lipinski definition) is 1. The summed E-state index contributed by atoms with van der Waals surface area (Å²) in [7, 11) is 0. The summed E-state index contributed by atoms with van der Waals surface area (Å²) >= 11 is 11.1. The van der Waals surface area contributed by atoms with Gasteiger partial charge in [-0.1, -0.05) is 27.5 Å². The molecule has 1 amide bonds. The second kappa shape index (κ2) is 5.99. The highest BCUT2D eigenvalue weighted by atomic mass is 127. The minimum atomic E-state index is -0.176. The monoisotopic (exact) mass is 436 g/mol. The van der Waals surface area contributed by atoms with Crippen molar-refractivity contribution in [1.29, 1.82) is 0 Å². The average Bonchev–Trinajstić information content (AvgIpc) is 2.35. The van der Waals surface area contributed by atoms with Crippen LogP contribution in [0.2, 0.25) is 5.15 Å². The van der Waals surface area contributed by atoms with Crippen LogP contribution >= 0.6 is 50.1 Å². The molecule has 18 heavy (non-hydrogen) atoms. The molecule has 0 atom stereocenters. The molecule has 0 aliphatic rings. The fraction of sp³-hybridized carbons (Fsp3) is 0. The summed E-state index contributed by atoms with van der Waals surface area (Å²) in [5.74, 6) is -0.176. The topological polar surface area (TPSA) is 42.0 Å². The summed E-state index contributed by atoms with van der Waals surface area (Å²) in [5.41, 5.74) is 1.22. The molecule has 2 rings (SSSR count). The van der Waals surface area contributed by atoms with Crippen molar-refractivity contribution in [2.45, 2.75) is 0 Å². The zero-order valence-electron chi connectivity index (χ0n) is 8.95. The van der Waals surface area contributed by atoms with Gasteiger partial charge in [-0.25, -0.2) is 4.98 Å². The minimum absolute atomic E-state index is 0.176. The normalized spacial score (nSPS) is 10.2. The lowest BCUT2D eigenvalue weighted by atomic mass is 10.2. The van der Waals surface area contributed by atoms with Gasteiger partial charge < -0.3 is 5.32 Å². The van der Waals surface area contributed by atoms with Crippen LogP contribution in [-0.2, 0) is 0 Å². The van der Waals surface area contributed by atoms with Gasteiger partial charge >= 0.3 is 0 Å². The molecule has 0 fully saturated rings. The van der Waals surface area contributed by atoms with E-state index in [0.717, 1.165) is 8.04 Å². The molecule has 0 radical (unpaired) electrons. The Morgan fingerprint density at radius 2 is 2.11 bits per heavy atom. The number of anilines is 1. The molecule has 0 aliphatic heterocycles. The van der Waals surface area contributed by atoms with Crippen molar-refractivity contribution in [2.75, 3.05) is 5.32 Å². The van der Waals surface area contributed by atoms with Crippen LogP contribution in [-0.4, -0.2) is 10.9 Å². The summed E-state index contributed by atoms with van der Waals surface area (Å²) in [5, 5.41) is 3.16. The molecular weight excluding hydrogens is 430 g/mol. The maximum atomic E-state index is 12.1. The van der Waals surface area contributed by atoms with Crippen molar-refractivity contribution in [3.05, 3.63) is 55.3 Å². The molecule has 0 spiro atoms. The van der Waals surface area contributed by atoms with E-state index in [1.54, 1.807) is 18.2 Å². The van der Waals surface area contributed by atoms with E-state index >= 15 is 0 Å². The lowest BCUT2D eigenvalue weighted by molar-refractivity contribution is 0.102. The first-order valence-electron chi connectivity index (χ1n) is 4.94. The van der Waals surface area contributed by atoms with E-state index in [1.807, 2.05) is 12.1 Å². The van der Waals surface area contributed by atoms with Crippen molar-refractivity contribution in [1.82, 2.24) is 4.98 Å². The summed E-state index contributed by atoms with van der Waals surface area (Å²) in [6.45, 7) is 0. The van der Waals surface area contributed by atoms with Crippen molar-refractivity contribution < 1.29 is 4.79 Å². The second-order valence-electron chi connectivity index (χ2n) is 3.45. The number of halogens is 3. The van der Waals surface area contributed by atoms with Gasteiger partial charge in [-0.15, -0.1) is 0 Å². The Balaban J connectivity index is 2.21. The van der Waals surface area contributed by atoms with Gasteiger partial charge in [0.25, 0.3) is 5.91 Å². The van der Waals surface area contributed by atoms with Crippen molar-refractivity contribution in [3.63, 3.8) is 0 Å². The Morgan fingerprint density at radius 3 is 2.78 bits per heavy atom. The lowest BCUT2D eigenvalue weighted by Crippen LogP contribution is -2.13. The van der Waals surface area contributed by atoms with E-state index in [-0.39, 0.29) is 5.91 Å². The van der Waals surface area contributed by atoms with Crippen LogP contribution in [0.25, 0.3) is 0 Å². The number of amides is 1. The van der Waals surface area contributed by atoms with E-state index in [1.165, 1.54) is 6.20 Å². The fourth-order valence-electron chi connectivity index (χ4n) is 1.32. The Hall–Kier alpha value is -0.660. The van der Waals surface area contributed by atoms with Crippen molar-refractivity contribution in [3.8, 4) is 0 Å². The van der Waals surface area contributed by atoms with Crippen LogP contribution in [0.4, 0.5) is 5.69 Å². The summed E-state index contributed by atoms with van der Waals surface area (Å²) in [4.78, 5) is 16.0. The van der Waals surface area contributed by atoms with Gasteiger partial charge in [-0.3, -0.25) is 4.79 Å². The Labute approximate surface area is 131 Å². The highest BCUT2D eigenvalue weighted by Gasteiger charge is 2.10. The van der Waals surface area contributed by atoms with Gasteiger partial charge in [0.1, 0.15) is 5.15 Å². The molecule has 0 aliphatic carbocycles. The molecule has 2 aromatic rings. The maximum absolute atomic E-state index is 12.1. The number of rotatable bonds is 2. The SMILES string of the molecule is O=C(Nc1ccc(Cl)nc1)c1cc(Br)ccc1I. The van der Waals surface area contributed by atoms with Crippen LogP contribution in [0.1, 0.15) is 10.4 Å². The van der Waals surface area contributed by atoms with Crippen molar-refractivity contribution >= 4 is 61.7 Å². The number of carbonyl (C=O) groups is 1. The number of aromatic nitrogens is 1. The Bertz CT molecular complexity index is 589. The Kier molecular flexibility index (Phi) is 4.58. The molecule has 0 bridgehead atoms. The highest BCUT2D eigenvalue weighted by Crippen LogP contribution is 2.20. The van der Waals surface area contributed by atoms with Crippen LogP contribution in [0.15, 0.2) is 41.0 Å². The summed E-state index contributed by atoms with van der Waals surface area (Å²) in [6, 6.07) is 8.88. The molecule has 3 nitrogen and oxygen atoms in total. The zero-order valence-corrected chi connectivity index (χ0v) is 13.5. The van der Waals surface area contributed by atoms with E-state index < -0.39 is 0 Å². The molecule has 92 valence electrons. The van der Waals surface area contributed by atoms with Crippen LogP contribution in [0.5, 0.6) is 0 Å². The molecule has 6 heteroatoms. The lowest BCUT2D eigenvalue weighted by Gasteiger charge is -2.07. The first-order valence-corrected chi connectivity index (χ1v) is 7.19. The third-order valence-electron chi connectivity index (χ3n) is 2.16. The van der Waals surface area contributed by atoms with E-state index in [9.17, 15) is 4.79 Å². The third-order valence-corrected chi connectivity index (χ3v) is 3.82. The standard InChI is InChI=1S/C12H7BrClIN2O/c13-7-1-3-10(15)9(5-7)12(18)17-8-2-4-11(14)16-6-8/h1-6H,(H,17,18). The first-order chi connectivity index (χ1) is 8.56. The molecule has 1 heterocycles. The molecule has 1 N–H and O–H groups in total. The summed E-state index contributed by atoms with van der Waals surface area (Å²) in [6.07, 6.45) is 1.52. The van der Waals surface area contributed by atoms with Crippen LogP contribution in [0, 0.1) is 3.57 Å². The third kappa shape index (κ3) is 3.43. The molecule has 1 aromatic carbocycles. The van der Waals surface area contributed by atoms with Crippen molar-refractivity contribution in [2.24, 2.45) is 0 Å². The van der Waals surface area contributed by atoms with Gasteiger partial charge in [0.15, 0.2) is 0 Å². The number of pyridine rings is 1. The van der Waals surface area contributed by atoms with Gasteiger partial charge in [-0.05, 0) is 52.9 Å². The number of hydrogen-bond acceptors (Lipinski definition) is 2. The van der Waals surface area contributed by atoms with E-state index in [0.29, 0.717) is 16.4 Å². The van der Waals surface area contributed by atoms with Gasteiger partial charge in [0.05, 0.1) is 17.4 Å².